The van der Waals surface area contributed by atoms with Crippen LogP contribution in [0.2, 0.25) is 0 Å². The van der Waals surface area contributed by atoms with Crippen LogP contribution in [0.4, 0.5) is 0 Å². The van der Waals surface area contributed by atoms with Gasteiger partial charge in [-0.15, -0.1) is 0 Å². The Labute approximate surface area is 119 Å². The molecule has 1 atom stereocenters. The number of aliphatic imine (C=N–C) groups is 1. The highest BCUT2D eigenvalue weighted by molar-refractivity contribution is 5.99. The first kappa shape index (κ1) is 17.9. The molecule has 0 aromatic rings. The van der Waals surface area contributed by atoms with Crippen LogP contribution in [0.5, 0.6) is 0 Å². The molecule has 0 aromatic carbocycles. The van der Waals surface area contributed by atoms with E-state index in [4.69, 9.17) is 10.7 Å². The Bertz CT molecular complexity index is 300. The zero-order chi connectivity index (χ0) is 14.5. The van der Waals surface area contributed by atoms with E-state index in [1.807, 2.05) is 0 Å². The van der Waals surface area contributed by atoms with Gasteiger partial charge in [-0.1, -0.05) is 39.8 Å². The molecule has 0 rings (SSSR count). The summed E-state index contributed by atoms with van der Waals surface area (Å²) in [4.78, 5) is 4.72. The standard InChI is InChI=1S/C17H32N2/c1-5-8-9-10-11-15(4)12-13-19-17(7-3)16(6-2)14-18/h8-9,14-15H,5-7,10-13,18H2,1-4H3/b9-8-,16-14+,19-17?. The van der Waals surface area contributed by atoms with Crippen molar-refractivity contribution in [2.75, 3.05) is 6.54 Å². The number of nitrogens with two attached hydrogens (primary N) is 1. The van der Waals surface area contributed by atoms with Crippen molar-refractivity contribution in [1.82, 2.24) is 0 Å². The van der Waals surface area contributed by atoms with Gasteiger partial charge in [-0.25, -0.2) is 0 Å². The number of rotatable bonds is 10. The van der Waals surface area contributed by atoms with Crippen LogP contribution in [0, 0.1) is 5.92 Å². The first-order chi connectivity index (χ1) is 9.19. The van der Waals surface area contributed by atoms with Gasteiger partial charge in [0.25, 0.3) is 0 Å². The highest BCUT2D eigenvalue weighted by atomic mass is 14.7. The van der Waals surface area contributed by atoms with Gasteiger partial charge in [0.1, 0.15) is 0 Å². The highest BCUT2D eigenvalue weighted by Gasteiger charge is 2.03. The minimum atomic E-state index is 0.746. The maximum atomic E-state index is 5.64. The van der Waals surface area contributed by atoms with E-state index in [1.165, 1.54) is 30.5 Å². The number of nitrogens with zero attached hydrogens (tertiary/aromatic N) is 1. The molecular weight excluding hydrogens is 232 g/mol. The van der Waals surface area contributed by atoms with E-state index >= 15 is 0 Å². The molecule has 110 valence electrons. The summed E-state index contributed by atoms with van der Waals surface area (Å²) >= 11 is 0. The third-order valence-electron chi connectivity index (χ3n) is 3.44. The van der Waals surface area contributed by atoms with Gasteiger partial charge in [0, 0.05) is 12.3 Å². The summed E-state index contributed by atoms with van der Waals surface area (Å²) < 4.78 is 0. The molecule has 19 heavy (non-hydrogen) atoms. The fourth-order valence-corrected chi connectivity index (χ4v) is 2.09. The second-order valence-electron chi connectivity index (χ2n) is 5.08. The quantitative estimate of drug-likeness (QED) is 0.444. The second kappa shape index (κ2) is 12.0. The Hall–Kier alpha value is -1.05. The molecule has 0 spiro atoms. The molecule has 0 amide bonds. The maximum Gasteiger partial charge on any atom is 0.0395 e. The van der Waals surface area contributed by atoms with Crippen LogP contribution < -0.4 is 5.73 Å². The average molecular weight is 264 g/mol. The lowest BCUT2D eigenvalue weighted by Gasteiger charge is -2.10. The topological polar surface area (TPSA) is 38.4 Å². The van der Waals surface area contributed by atoms with Crippen LogP contribution >= 0.6 is 0 Å². The molecule has 0 heterocycles. The molecule has 2 nitrogen and oxygen atoms in total. The summed E-state index contributed by atoms with van der Waals surface area (Å²) in [6.45, 7) is 9.71. The molecule has 0 aromatic heterocycles. The molecule has 0 saturated carbocycles. The summed E-state index contributed by atoms with van der Waals surface area (Å²) in [5.74, 6) is 0.746. The Morgan fingerprint density at radius 1 is 1.11 bits per heavy atom. The van der Waals surface area contributed by atoms with Gasteiger partial charge in [-0.2, -0.15) is 0 Å². The van der Waals surface area contributed by atoms with E-state index in [2.05, 4.69) is 39.8 Å². The second-order valence-corrected chi connectivity index (χ2v) is 5.08. The Morgan fingerprint density at radius 2 is 1.84 bits per heavy atom. The molecule has 0 saturated heterocycles. The van der Waals surface area contributed by atoms with Crippen LogP contribution in [0.25, 0.3) is 0 Å². The Morgan fingerprint density at radius 3 is 2.37 bits per heavy atom. The fourth-order valence-electron chi connectivity index (χ4n) is 2.09. The average Bonchev–Trinajstić information content (AvgIpc) is 2.43. The number of hydrogen-bond acceptors (Lipinski definition) is 2. The van der Waals surface area contributed by atoms with Gasteiger partial charge in [-0.05, 0) is 56.2 Å². The van der Waals surface area contributed by atoms with Crippen molar-refractivity contribution in [2.24, 2.45) is 16.6 Å². The zero-order valence-corrected chi connectivity index (χ0v) is 13.3. The monoisotopic (exact) mass is 264 g/mol. The van der Waals surface area contributed by atoms with Crippen molar-refractivity contribution in [3.63, 3.8) is 0 Å². The van der Waals surface area contributed by atoms with Crippen LogP contribution in [0.1, 0.15) is 66.2 Å². The summed E-state index contributed by atoms with van der Waals surface area (Å²) in [5, 5.41) is 0. The van der Waals surface area contributed by atoms with Crippen LogP contribution in [0.3, 0.4) is 0 Å². The predicted octanol–water partition coefficient (Wildman–Crippen LogP) is 4.86. The van der Waals surface area contributed by atoms with Crippen molar-refractivity contribution >= 4 is 5.71 Å². The van der Waals surface area contributed by atoms with Gasteiger partial charge in [-0.3, -0.25) is 4.99 Å². The van der Waals surface area contributed by atoms with E-state index in [1.54, 1.807) is 6.20 Å². The summed E-state index contributed by atoms with van der Waals surface area (Å²) in [6, 6.07) is 0. The van der Waals surface area contributed by atoms with Crippen LogP contribution in [0.15, 0.2) is 28.9 Å². The van der Waals surface area contributed by atoms with E-state index in [9.17, 15) is 0 Å². The SMILES string of the molecule is CC/C=C\CCC(C)CCN=C(CC)/C(=C/N)CC. The van der Waals surface area contributed by atoms with Gasteiger partial charge >= 0.3 is 0 Å². The number of hydrogen-bond donors (Lipinski definition) is 1. The van der Waals surface area contributed by atoms with Gasteiger partial charge in [0.2, 0.25) is 0 Å². The van der Waals surface area contributed by atoms with Gasteiger partial charge in [0.15, 0.2) is 0 Å². The van der Waals surface area contributed by atoms with Gasteiger partial charge < -0.3 is 5.73 Å². The van der Waals surface area contributed by atoms with Crippen molar-refractivity contribution in [2.45, 2.75) is 66.2 Å². The number of allylic oxidation sites excluding steroid dienone is 3. The summed E-state index contributed by atoms with van der Waals surface area (Å²) in [5.41, 5.74) is 8.01. The first-order valence-electron chi connectivity index (χ1n) is 7.78. The van der Waals surface area contributed by atoms with E-state index in [0.717, 1.165) is 31.7 Å². The first-order valence-corrected chi connectivity index (χ1v) is 7.78. The normalized spacial score (nSPS) is 15.2. The minimum absolute atomic E-state index is 0.746. The lowest BCUT2D eigenvalue weighted by molar-refractivity contribution is 0.504. The molecule has 0 bridgehead atoms. The molecule has 2 N–H and O–H groups in total. The highest BCUT2D eigenvalue weighted by Crippen LogP contribution is 2.12. The van der Waals surface area contributed by atoms with Crippen molar-refractivity contribution in [3.05, 3.63) is 23.9 Å². The molecule has 0 aliphatic heterocycles. The Kier molecular flexibility index (Phi) is 11.3. The van der Waals surface area contributed by atoms with Crippen molar-refractivity contribution < 1.29 is 0 Å². The fraction of sp³-hybridized carbons (Fsp3) is 0.706. The lowest BCUT2D eigenvalue weighted by Crippen LogP contribution is -2.06. The zero-order valence-electron chi connectivity index (χ0n) is 13.3. The molecule has 2 heteroatoms. The lowest BCUT2D eigenvalue weighted by atomic mass is 10.0. The third-order valence-corrected chi connectivity index (χ3v) is 3.44. The predicted molar refractivity (Wildman–Crippen MR) is 87.6 cm³/mol. The van der Waals surface area contributed by atoms with E-state index in [-0.39, 0.29) is 0 Å². The molecule has 0 fully saturated rings. The van der Waals surface area contributed by atoms with E-state index < -0.39 is 0 Å². The minimum Gasteiger partial charge on any atom is -0.404 e. The van der Waals surface area contributed by atoms with E-state index in [0.29, 0.717) is 0 Å². The smallest absolute Gasteiger partial charge is 0.0395 e. The van der Waals surface area contributed by atoms with Crippen molar-refractivity contribution in [1.29, 1.82) is 0 Å². The van der Waals surface area contributed by atoms with Gasteiger partial charge in [0.05, 0.1) is 0 Å². The molecule has 0 radical (unpaired) electrons. The molecular formula is C17H32N2. The largest absolute Gasteiger partial charge is 0.404 e. The molecule has 0 aliphatic rings. The van der Waals surface area contributed by atoms with Crippen molar-refractivity contribution in [3.8, 4) is 0 Å². The molecule has 1 unspecified atom stereocenters. The van der Waals surface area contributed by atoms with Crippen LogP contribution in [-0.2, 0) is 0 Å². The third kappa shape index (κ3) is 8.63. The molecule has 0 aliphatic carbocycles. The van der Waals surface area contributed by atoms with Crippen LogP contribution in [-0.4, -0.2) is 12.3 Å². The summed E-state index contributed by atoms with van der Waals surface area (Å²) in [7, 11) is 0. The summed E-state index contributed by atoms with van der Waals surface area (Å²) in [6.07, 6.45) is 13.0. The Balaban J connectivity index is 4.06. The maximum absolute atomic E-state index is 5.64.